The number of rotatable bonds is 0. The first-order valence-corrected chi connectivity index (χ1v) is 12.9. The summed E-state index contributed by atoms with van der Waals surface area (Å²) in [4.78, 5) is 14.5. The highest BCUT2D eigenvalue weighted by Gasteiger charge is 2.17. The standard InChI is InChI=1S/C15H3I6N3/c16-7-1-4-5(2-8(7)17)11-12(24-15(21)14(20)23-11)10-6(4)3-9(18)13(19)22-10/h1-3H. The number of pyridine rings is 1. The van der Waals surface area contributed by atoms with Crippen molar-refractivity contribution in [1.29, 1.82) is 0 Å². The van der Waals surface area contributed by atoms with E-state index < -0.39 is 0 Å². The number of hydrogen-bond donors (Lipinski definition) is 0. The SMILES string of the molecule is Ic1cc2c3cc(I)c(I)nc3c3nc(I)c(I)nc3c2cc1I. The van der Waals surface area contributed by atoms with E-state index in [2.05, 4.69) is 154 Å². The topological polar surface area (TPSA) is 38.7 Å². The molecule has 2 aromatic heterocycles. The number of nitrogens with zero attached hydrogens (tertiary/aromatic N) is 3. The molecule has 9 heteroatoms. The maximum atomic E-state index is 4.84. The van der Waals surface area contributed by atoms with Crippen LogP contribution in [-0.2, 0) is 0 Å². The molecule has 2 aromatic carbocycles. The summed E-state index contributed by atoms with van der Waals surface area (Å²) in [5, 5.41) is 3.47. The van der Waals surface area contributed by atoms with Crippen LogP contribution in [-0.4, -0.2) is 15.0 Å². The Morgan fingerprint density at radius 2 is 0.875 bits per heavy atom. The van der Waals surface area contributed by atoms with E-state index in [4.69, 9.17) is 15.0 Å². The van der Waals surface area contributed by atoms with Gasteiger partial charge >= 0.3 is 0 Å². The molecule has 0 saturated carbocycles. The Bertz CT molecular complexity index is 908. The molecule has 0 aliphatic heterocycles. The molecule has 0 radical (unpaired) electrons. The van der Waals surface area contributed by atoms with E-state index in [1.165, 1.54) is 12.5 Å². The molecule has 120 valence electrons. The Labute approximate surface area is 219 Å². The Kier molecular flexibility index (Phi) is 5.86. The fourth-order valence-electron chi connectivity index (χ4n) is 2.57. The molecular formula is C15H3I6N3. The zero-order valence-corrected chi connectivity index (χ0v) is 24.3. The lowest BCUT2D eigenvalue weighted by molar-refractivity contribution is 1.20. The molecule has 4 rings (SSSR count). The average Bonchev–Trinajstić information content (AvgIpc) is 2.53. The fourth-order valence-corrected chi connectivity index (χ4v) is 5.05. The van der Waals surface area contributed by atoms with Crippen molar-refractivity contribution in [3.63, 3.8) is 0 Å². The summed E-state index contributed by atoms with van der Waals surface area (Å²) in [6.07, 6.45) is 0. The third kappa shape index (κ3) is 3.25. The molecule has 0 saturated heterocycles. The first-order chi connectivity index (χ1) is 11.4. The highest BCUT2D eigenvalue weighted by Crippen LogP contribution is 2.36. The van der Waals surface area contributed by atoms with Gasteiger partial charge in [0, 0.05) is 21.5 Å². The predicted molar refractivity (Wildman–Crippen MR) is 149 cm³/mol. The summed E-state index contributed by atoms with van der Waals surface area (Å²) >= 11 is 13.9. The largest absolute Gasteiger partial charge is 0.238 e. The van der Waals surface area contributed by atoms with Gasteiger partial charge in [-0.3, -0.25) is 0 Å². The molecule has 0 aliphatic carbocycles. The van der Waals surface area contributed by atoms with Crippen LogP contribution in [0.2, 0.25) is 0 Å². The van der Waals surface area contributed by atoms with Crippen LogP contribution in [0.25, 0.3) is 32.7 Å². The lowest BCUT2D eigenvalue weighted by Gasteiger charge is -2.12. The molecule has 0 spiro atoms. The van der Waals surface area contributed by atoms with Crippen molar-refractivity contribution in [2.75, 3.05) is 0 Å². The molecule has 3 nitrogen and oxygen atoms in total. The minimum atomic E-state index is 0.883. The average molecular weight is 987 g/mol. The summed E-state index contributed by atoms with van der Waals surface area (Å²) in [5.74, 6) is 0. The molecule has 0 atom stereocenters. The maximum Gasteiger partial charge on any atom is 0.133 e. The van der Waals surface area contributed by atoms with Crippen molar-refractivity contribution in [3.05, 3.63) is 40.0 Å². The number of halogens is 6. The highest BCUT2D eigenvalue weighted by atomic mass is 127. The number of aromatic nitrogens is 3. The van der Waals surface area contributed by atoms with Crippen LogP contribution in [0, 0.1) is 21.8 Å². The van der Waals surface area contributed by atoms with Gasteiger partial charge in [0.25, 0.3) is 0 Å². The van der Waals surface area contributed by atoms with Gasteiger partial charge in [-0.1, -0.05) is 0 Å². The lowest BCUT2D eigenvalue weighted by Crippen LogP contribution is -1.99. The van der Waals surface area contributed by atoms with Crippen molar-refractivity contribution in [2.24, 2.45) is 0 Å². The third-order valence-electron chi connectivity index (χ3n) is 3.58. The molecule has 0 unspecified atom stereocenters. The van der Waals surface area contributed by atoms with Gasteiger partial charge in [0.1, 0.15) is 27.7 Å². The lowest BCUT2D eigenvalue weighted by atomic mass is 10.0. The molecule has 4 aromatic rings. The fraction of sp³-hybridized carbons (Fsp3) is 0. The van der Waals surface area contributed by atoms with Gasteiger partial charge in [0.2, 0.25) is 0 Å². The van der Waals surface area contributed by atoms with E-state index >= 15 is 0 Å². The Balaban J connectivity index is 2.40. The quantitative estimate of drug-likeness (QED) is 0.109. The first-order valence-electron chi connectivity index (χ1n) is 6.46. The number of hydrogen-bond acceptors (Lipinski definition) is 3. The highest BCUT2D eigenvalue weighted by molar-refractivity contribution is 14.1. The van der Waals surface area contributed by atoms with E-state index in [1.54, 1.807) is 0 Å². The second-order valence-electron chi connectivity index (χ2n) is 4.97. The molecule has 2 heterocycles. The summed E-state index contributed by atoms with van der Waals surface area (Å²) in [7, 11) is 0. The molecule has 0 N–H and O–H groups in total. The smallest absolute Gasteiger partial charge is 0.133 e. The van der Waals surface area contributed by atoms with Crippen molar-refractivity contribution < 1.29 is 0 Å². The zero-order valence-electron chi connectivity index (χ0n) is 11.3. The van der Waals surface area contributed by atoms with Gasteiger partial charge in [-0.15, -0.1) is 0 Å². The normalized spacial score (nSPS) is 11.8. The van der Waals surface area contributed by atoms with Crippen LogP contribution in [0.5, 0.6) is 0 Å². The van der Waals surface area contributed by atoms with Gasteiger partial charge in [0.05, 0.1) is 0 Å². The Morgan fingerprint density at radius 1 is 0.458 bits per heavy atom. The molecule has 0 amide bonds. The van der Waals surface area contributed by atoms with Crippen molar-refractivity contribution in [2.45, 2.75) is 0 Å². The molecule has 0 aliphatic rings. The van der Waals surface area contributed by atoms with E-state index in [1.807, 2.05) is 0 Å². The minimum absolute atomic E-state index is 0.883. The second-order valence-corrected chi connectivity index (χ2v) is 11.5. The summed E-state index contributed by atoms with van der Waals surface area (Å²) in [6.45, 7) is 0. The van der Waals surface area contributed by atoms with Gasteiger partial charge in [-0.05, 0) is 159 Å². The van der Waals surface area contributed by atoms with Crippen LogP contribution in [0.15, 0.2) is 18.2 Å². The van der Waals surface area contributed by atoms with Crippen LogP contribution in [0.3, 0.4) is 0 Å². The van der Waals surface area contributed by atoms with Gasteiger partial charge in [-0.25, -0.2) is 15.0 Å². The van der Waals surface area contributed by atoms with Crippen molar-refractivity contribution in [3.8, 4) is 0 Å². The first kappa shape index (κ1) is 19.2. The van der Waals surface area contributed by atoms with Gasteiger partial charge in [0.15, 0.2) is 0 Å². The minimum Gasteiger partial charge on any atom is -0.238 e. The summed E-state index contributed by atoms with van der Waals surface area (Å²) < 4.78 is 6.46. The molecular weight excluding hydrogens is 984 g/mol. The Hall–Kier alpha value is 1.83. The van der Waals surface area contributed by atoms with Gasteiger partial charge in [-0.2, -0.15) is 0 Å². The monoisotopic (exact) mass is 986 g/mol. The van der Waals surface area contributed by atoms with Crippen LogP contribution >= 0.6 is 136 Å². The molecule has 0 fully saturated rings. The van der Waals surface area contributed by atoms with E-state index in [-0.39, 0.29) is 0 Å². The van der Waals surface area contributed by atoms with E-state index in [9.17, 15) is 0 Å². The summed E-state index contributed by atoms with van der Waals surface area (Å²) in [6, 6.07) is 6.65. The van der Waals surface area contributed by atoms with Crippen LogP contribution < -0.4 is 0 Å². The van der Waals surface area contributed by atoms with E-state index in [0.29, 0.717) is 0 Å². The van der Waals surface area contributed by atoms with Crippen LogP contribution in [0.1, 0.15) is 0 Å². The third-order valence-corrected chi connectivity index (χ3v) is 11.6. The maximum absolute atomic E-state index is 4.84. The molecule has 24 heavy (non-hydrogen) atoms. The summed E-state index contributed by atoms with van der Waals surface area (Å²) in [5.41, 5.74) is 2.75. The predicted octanol–water partition coefficient (Wildman–Crippen LogP) is 6.96. The zero-order chi connectivity index (χ0) is 17.2. The van der Waals surface area contributed by atoms with Crippen LogP contribution in [0.4, 0.5) is 0 Å². The number of fused-ring (bicyclic) bond motifs is 6. The van der Waals surface area contributed by atoms with E-state index in [0.717, 1.165) is 42.0 Å². The Morgan fingerprint density at radius 3 is 1.46 bits per heavy atom. The van der Waals surface area contributed by atoms with Crippen molar-refractivity contribution in [1.82, 2.24) is 15.0 Å². The number of benzene rings is 2. The second kappa shape index (κ2) is 7.34. The van der Waals surface area contributed by atoms with Crippen molar-refractivity contribution >= 4 is 168 Å². The van der Waals surface area contributed by atoms with Gasteiger partial charge < -0.3 is 0 Å². The molecule has 0 bridgehead atoms.